The standard InChI is InChI=1S/C128H88GeN4/c1-5-29-93(30-6-1)117(85-89-53-77-105(78-54-89)130-121-45-21-13-37-109(121)110-38-14-22-46-122(110)130)97-61-69-101(70-62-97)129(102-71-63-98(64-72-102)118(94-31-7-2-8-32-94)86-90-55-79-106(80-56-90)131-123-47-23-15-39-111(123)112-40-16-24-48-124(112)131,103-73-65-99(66-74-103)119(95-33-9-3-10-34-95)87-91-57-81-107(82-58-91)132-125-49-25-17-41-113(125)114-42-18-26-50-126(114)132)104-75-67-100(68-76-104)120(96-35-11-4-12-36-96)88-92-59-83-108(84-60-92)133-127-51-27-19-43-115(127)116-44-20-28-52-128(116)133/h1-88H. The first kappa shape index (κ1) is 79.5. The molecule has 0 aliphatic carbocycles. The summed E-state index contributed by atoms with van der Waals surface area (Å²) in [4.78, 5) is 0. The number of para-hydroxylation sites is 8. The fourth-order valence-electron chi connectivity index (χ4n) is 20.8. The van der Waals surface area contributed by atoms with Crippen LogP contribution in [-0.4, -0.2) is 31.5 Å². The van der Waals surface area contributed by atoms with E-state index in [1.165, 1.54) is 105 Å². The van der Waals surface area contributed by atoms with Gasteiger partial charge in [0.25, 0.3) is 0 Å². The van der Waals surface area contributed by atoms with Gasteiger partial charge in [0.2, 0.25) is 0 Å². The van der Waals surface area contributed by atoms with Crippen LogP contribution in [0.5, 0.6) is 0 Å². The van der Waals surface area contributed by atoms with Gasteiger partial charge in [0, 0.05) is 43.1 Å². The number of benzene rings is 20. The van der Waals surface area contributed by atoms with Gasteiger partial charge in [-0.1, -0.05) is 146 Å². The first-order valence-corrected chi connectivity index (χ1v) is 50.0. The first-order valence-electron chi connectivity index (χ1n) is 45.8. The van der Waals surface area contributed by atoms with Crippen LogP contribution < -0.4 is 17.6 Å². The summed E-state index contributed by atoms with van der Waals surface area (Å²) in [5, 5.41) is 9.96. The van der Waals surface area contributed by atoms with Crippen LogP contribution in [-0.2, 0) is 0 Å². The Balaban J connectivity index is 0.681. The van der Waals surface area contributed by atoms with Crippen LogP contribution in [0.25, 0.3) is 157 Å². The molecule has 624 valence electrons. The molecule has 0 fully saturated rings. The van der Waals surface area contributed by atoms with Gasteiger partial charge in [0.15, 0.2) is 0 Å². The second kappa shape index (κ2) is 34.3. The van der Waals surface area contributed by atoms with Crippen LogP contribution in [0.2, 0.25) is 0 Å². The molecule has 4 heterocycles. The van der Waals surface area contributed by atoms with E-state index in [9.17, 15) is 0 Å². The van der Waals surface area contributed by atoms with Crippen LogP contribution in [0.1, 0.15) is 66.8 Å². The van der Waals surface area contributed by atoms with Crippen molar-refractivity contribution in [2.45, 2.75) is 0 Å². The number of rotatable bonds is 20. The average Bonchev–Trinajstić information content (AvgIpc) is 1.71. The number of hydrogen-bond donors (Lipinski definition) is 0. The molecule has 4 nitrogen and oxygen atoms in total. The summed E-state index contributed by atoms with van der Waals surface area (Å²) in [7, 11) is 0. The summed E-state index contributed by atoms with van der Waals surface area (Å²) in [6.07, 6.45) is 9.50. The van der Waals surface area contributed by atoms with Gasteiger partial charge in [-0.05, 0) is 48.5 Å². The van der Waals surface area contributed by atoms with Crippen molar-refractivity contribution in [2.75, 3.05) is 0 Å². The third-order valence-corrected chi connectivity index (χ3v) is 37.1. The van der Waals surface area contributed by atoms with Crippen LogP contribution >= 0.6 is 0 Å². The topological polar surface area (TPSA) is 19.7 Å². The van der Waals surface area contributed by atoms with Gasteiger partial charge in [0.05, 0.1) is 0 Å². The molecule has 0 bridgehead atoms. The van der Waals surface area contributed by atoms with Crippen LogP contribution in [0.3, 0.4) is 0 Å². The Kier molecular flexibility index (Phi) is 20.5. The number of nitrogens with zero attached hydrogens (tertiary/aromatic N) is 4. The molecule has 24 rings (SSSR count). The number of fused-ring (bicyclic) bond motifs is 12. The van der Waals surface area contributed by atoms with E-state index in [0.717, 1.165) is 112 Å². The quantitative estimate of drug-likeness (QED) is 0.0535. The van der Waals surface area contributed by atoms with E-state index in [2.05, 4.69) is 552 Å². The van der Waals surface area contributed by atoms with Crippen molar-refractivity contribution in [3.05, 3.63) is 576 Å². The normalized spacial score (nSPS) is 12.8. The van der Waals surface area contributed by atoms with E-state index >= 15 is 0 Å². The third-order valence-electron chi connectivity index (χ3n) is 27.0. The molecule has 0 unspecified atom stereocenters. The Morgan fingerprint density at radius 2 is 0.278 bits per heavy atom. The first-order chi connectivity index (χ1) is 65.9. The van der Waals surface area contributed by atoms with Crippen molar-refractivity contribution in [3.8, 4) is 22.7 Å². The maximum atomic E-state index is 2.49. The summed E-state index contributed by atoms with van der Waals surface area (Å²) >= 11 is -4.42. The van der Waals surface area contributed by atoms with Crippen molar-refractivity contribution < 1.29 is 0 Å². The Labute approximate surface area is 776 Å². The second-order valence-corrected chi connectivity index (χ2v) is 42.6. The molecule has 5 heteroatoms. The summed E-state index contributed by atoms with van der Waals surface area (Å²) in [6.45, 7) is 0. The van der Waals surface area contributed by atoms with E-state index in [1.54, 1.807) is 0 Å². The van der Waals surface area contributed by atoms with Gasteiger partial charge in [-0.15, -0.1) is 0 Å². The zero-order valence-corrected chi connectivity index (χ0v) is 75.2. The molecule has 0 aliphatic rings. The summed E-state index contributed by atoms with van der Waals surface area (Å²) in [5.41, 5.74) is 32.0. The Hall–Kier alpha value is -16.9. The molecular weight excluding hydrogens is 1670 g/mol. The molecule has 4 aromatic heterocycles. The van der Waals surface area contributed by atoms with Crippen LogP contribution in [0, 0.1) is 0 Å². The van der Waals surface area contributed by atoms with Gasteiger partial charge in [-0.3, -0.25) is 0 Å². The van der Waals surface area contributed by atoms with Gasteiger partial charge >= 0.3 is 545 Å². The monoisotopic (exact) mass is 1750 g/mol. The Bertz CT molecular complexity index is 7380. The molecule has 0 radical (unpaired) electrons. The predicted molar refractivity (Wildman–Crippen MR) is 567 cm³/mol. The zero-order chi connectivity index (χ0) is 88.1. The minimum absolute atomic E-state index is 1.11. The van der Waals surface area contributed by atoms with Crippen molar-refractivity contribution in [2.24, 2.45) is 0 Å². The molecule has 0 atom stereocenters. The van der Waals surface area contributed by atoms with E-state index < -0.39 is 13.3 Å². The predicted octanol–water partition coefficient (Wildman–Crippen LogP) is 29.8. The molecule has 0 aliphatic heterocycles. The SMILES string of the molecule is C(=C(c1ccccc1)c1cc[c]([Ge]([c]2ccc(C(=Cc3ccc(-n4c5ccccc5c5ccccc54)cc3)c3ccccc3)cc2)([c]2ccc(C(=Cc3ccc(-n4c5ccccc5c5ccccc54)cc3)c3ccccc3)cc2)[c]2ccc(C(=Cc3ccc(-n4c5ccccc5c5ccccc54)cc3)c3ccccc3)cc2)cc1)c1ccc(-n2c3ccccc3c3ccccc32)cc1. The molecule has 0 saturated carbocycles. The van der Waals surface area contributed by atoms with Gasteiger partial charge in [-0.2, -0.15) is 0 Å². The Morgan fingerprint density at radius 1 is 0.135 bits per heavy atom. The molecule has 133 heavy (non-hydrogen) atoms. The van der Waals surface area contributed by atoms with Crippen LogP contribution in [0.4, 0.5) is 0 Å². The zero-order valence-electron chi connectivity index (χ0n) is 73.1. The molecule has 0 spiro atoms. The molecule has 24 aromatic rings. The summed E-state index contributed by atoms with van der Waals surface area (Å²) < 4.78 is 14.8. The van der Waals surface area contributed by atoms with E-state index in [0.29, 0.717) is 0 Å². The van der Waals surface area contributed by atoms with Gasteiger partial charge in [-0.25, -0.2) is 0 Å². The maximum absolute atomic E-state index is 4.42. The van der Waals surface area contributed by atoms with E-state index in [-0.39, 0.29) is 0 Å². The molecule has 0 amide bonds. The van der Waals surface area contributed by atoms with Gasteiger partial charge < -0.3 is 0 Å². The number of aromatic nitrogens is 4. The number of hydrogen-bond acceptors (Lipinski definition) is 0. The van der Waals surface area contributed by atoms with Crippen LogP contribution in [0.15, 0.2) is 510 Å². The van der Waals surface area contributed by atoms with Crippen molar-refractivity contribution >= 4 is 165 Å². The van der Waals surface area contributed by atoms with Crippen molar-refractivity contribution in [3.63, 3.8) is 0 Å². The fraction of sp³-hybridized carbons (Fsp3) is 0. The molecule has 0 N–H and O–H groups in total. The third kappa shape index (κ3) is 14.5. The van der Waals surface area contributed by atoms with Gasteiger partial charge in [0.1, 0.15) is 0 Å². The second-order valence-electron chi connectivity index (χ2n) is 34.6. The Morgan fingerprint density at radius 3 is 0.444 bits per heavy atom. The van der Waals surface area contributed by atoms with E-state index in [1.807, 2.05) is 0 Å². The molecule has 0 saturated heterocycles. The summed E-state index contributed by atoms with van der Waals surface area (Å²) in [5.74, 6) is 0. The van der Waals surface area contributed by atoms with Crippen molar-refractivity contribution in [1.82, 2.24) is 18.3 Å². The average molecular weight is 1750 g/mol. The van der Waals surface area contributed by atoms with Crippen molar-refractivity contribution in [1.29, 1.82) is 0 Å². The minimum atomic E-state index is -4.42. The summed E-state index contributed by atoms with van der Waals surface area (Å²) in [6, 6.07) is 189. The molecule has 20 aromatic carbocycles. The fourth-order valence-corrected chi connectivity index (χ4v) is 30.5. The molecular formula is C128H88GeN4. The van der Waals surface area contributed by atoms with E-state index in [4.69, 9.17) is 0 Å².